The second-order valence-electron chi connectivity index (χ2n) is 8.22. The Bertz CT molecular complexity index is 1310. The monoisotopic (exact) mass is 565 g/mol. The third kappa shape index (κ3) is 7.02. The number of aromatic nitrogens is 3. The van der Waals surface area contributed by atoms with Gasteiger partial charge in [0.2, 0.25) is 5.91 Å². The summed E-state index contributed by atoms with van der Waals surface area (Å²) in [6.45, 7) is 9.37. The Morgan fingerprint density at radius 3 is 2.59 bits per heavy atom. The lowest BCUT2D eigenvalue weighted by molar-refractivity contribution is -0.113. The molecule has 198 valence electrons. The minimum Gasteiger partial charge on any atom is -0.483 e. The summed E-state index contributed by atoms with van der Waals surface area (Å²) in [4.78, 5) is 37.4. The van der Waals surface area contributed by atoms with E-state index in [0.717, 1.165) is 11.3 Å². The number of primary amides is 1. The summed E-state index contributed by atoms with van der Waals surface area (Å²) in [6.07, 6.45) is -0.785. The zero-order valence-electron chi connectivity index (χ0n) is 21.0. The van der Waals surface area contributed by atoms with Crippen LogP contribution in [-0.4, -0.2) is 44.4 Å². The third-order valence-corrected chi connectivity index (χ3v) is 7.46. The van der Waals surface area contributed by atoms with Crippen LogP contribution in [0.15, 0.2) is 29.4 Å². The quantitative estimate of drug-likeness (QED) is 0.248. The zero-order valence-corrected chi connectivity index (χ0v) is 23.4. The topological polar surface area (TPSA) is 138 Å². The Labute approximate surface area is 227 Å². The lowest BCUT2D eigenvalue weighted by Gasteiger charge is -2.15. The molecular formula is C24H28ClN5O5S2. The molecule has 0 aliphatic carbocycles. The van der Waals surface area contributed by atoms with Crippen LogP contribution in [0.25, 0.3) is 0 Å². The van der Waals surface area contributed by atoms with Crippen molar-refractivity contribution >= 4 is 57.5 Å². The lowest BCUT2D eigenvalue weighted by Crippen LogP contribution is -2.18. The molecular weight excluding hydrogens is 538 g/mol. The van der Waals surface area contributed by atoms with Gasteiger partial charge in [-0.15, -0.1) is 21.5 Å². The van der Waals surface area contributed by atoms with Crippen LogP contribution in [0.2, 0.25) is 5.02 Å². The molecule has 1 atom stereocenters. The van der Waals surface area contributed by atoms with Gasteiger partial charge in [-0.1, -0.05) is 29.4 Å². The van der Waals surface area contributed by atoms with Crippen molar-refractivity contribution in [3.05, 3.63) is 51.1 Å². The number of esters is 1. The number of nitrogens with zero attached hydrogens (tertiary/aromatic N) is 3. The van der Waals surface area contributed by atoms with E-state index in [2.05, 4.69) is 15.5 Å². The van der Waals surface area contributed by atoms with E-state index in [1.807, 2.05) is 18.4 Å². The van der Waals surface area contributed by atoms with Gasteiger partial charge in [0.05, 0.1) is 22.3 Å². The molecule has 0 bridgehead atoms. The highest BCUT2D eigenvalue weighted by Crippen LogP contribution is 2.34. The third-order valence-electron chi connectivity index (χ3n) is 5.04. The van der Waals surface area contributed by atoms with Crippen LogP contribution in [0.1, 0.15) is 65.2 Å². The Balaban J connectivity index is 1.72. The number of halogens is 1. The molecule has 2 heterocycles. The first-order valence-corrected chi connectivity index (χ1v) is 13.6. The Morgan fingerprint density at radius 1 is 1.24 bits per heavy atom. The van der Waals surface area contributed by atoms with Gasteiger partial charge >= 0.3 is 5.97 Å². The zero-order chi connectivity index (χ0) is 27.3. The smallest absolute Gasteiger partial charge is 0.341 e. The van der Waals surface area contributed by atoms with Crippen LogP contribution in [0.4, 0.5) is 5.00 Å². The van der Waals surface area contributed by atoms with Gasteiger partial charge in [0.15, 0.2) is 17.1 Å². The summed E-state index contributed by atoms with van der Waals surface area (Å²) < 4.78 is 13.1. The average Bonchev–Trinajstić information content (AvgIpc) is 3.37. The first-order chi connectivity index (χ1) is 17.5. The van der Waals surface area contributed by atoms with E-state index in [1.54, 1.807) is 45.0 Å². The largest absolute Gasteiger partial charge is 0.483 e. The summed E-state index contributed by atoms with van der Waals surface area (Å²) >= 11 is 8.17. The van der Waals surface area contributed by atoms with Gasteiger partial charge in [-0.05, 0) is 58.4 Å². The maximum atomic E-state index is 12.8. The Hall–Kier alpha value is -3.09. The van der Waals surface area contributed by atoms with Gasteiger partial charge in [-0.3, -0.25) is 9.59 Å². The van der Waals surface area contributed by atoms with E-state index in [0.29, 0.717) is 33.9 Å². The molecule has 0 spiro atoms. The van der Waals surface area contributed by atoms with Gasteiger partial charge in [0.1, 0.15) is 10.8 Å². The second kappa shape index (κ2) is 12.4. The Kier molecular flexibility index (Phi) is 9.57. The molecule has 37 heavy (non-hydrogen) atoms. The van der Waals surface area contributed by atoms with Crippen molar-refractivity contribution in [3.63, 3.8) is 0 Å². The van der Waals surface area contributed by atoms with E-state index in [-0.39, 0.29) is 27.3 Å². The number of thiophene rings is 1. The number of benzene rings is 1. The van der Waals surface area contributed by atoms with E-state index < -0.39 is 23.9 Å². The average molecular weight is 566 g/mol. The number of ether oxygens (including phenoxy) is 2. The SMILES string of the molecule is CCn1c(SCC(=O)Nc2sc(C(N)=O)c(C)c2C(=O)OC(C)C)nnc1C(C)Oc1cccc(Cl)c1. The van der Waals surface area contributed by atoms with Gasteiger partial charge in [-0.25, -0.2) is 4.79 Å². The molecule has 0 aliphatic heterocycles. The van der Waals surface area contributed by atoms with Crippen molar-refractivity contribution in [1.29, 1.82) is 0 Å². The minimum atomic E-state index is -0.686. The molecule has 0 fully saturated rings. The van der Waals surface area contributed by atoms with Crippen LogP contribution in [0.3, 0.4) is 0 Å². The summed E-state index contributed by atoms with van der Waals surface area (Å²) in [7, 11) is 0. The van der Waals surface area contributed by atoms with Crippen molar-refractivity contribution in [2.24, 2.45) is 5.73 Å². The molecule has 1 unspecified atom stereocenters. The van der Waals surface area contributed by atoms with Crippen LogP contribution >= 0.6 is 34.7 Å². The van der Waals surface area contributed by atoms with Crippen molar-refractivity contribution in [2.75, 3.05) is 11.1 Å². The molecule has 0 radical (unpaired) electrons. The molecule has 10 nitrogen and oxygen atoms in total. The number of rotatable bonds is 11. The minimum absolute atomic E-state index is 0.0107. The van der Waals surface area contributed by atoms with Crippen molar-refractivity contribution in [1.82, 2.24) is 14.8 Å². The molecule has 0 aliphatic rings. The summed E-state index contributed by atoms with van der Waals surface area (Å²) in [5.74, 6) is -0.520. The molecule has 2 aromatic heterocycles. The van der Waals surface area contributed by atoms with Gasteiger partial charge in [-0.2, -0.15) is 0 Å². The summed E-state index contributed by atoms with van der Waals surface area (Å²) in [5, 5.41) is 12.5. The summed E-state index contributed by atoms with van der Waals surface area (Å²) in [5.41, 5.74) is 5.94. The number of amides is 2. The highest BCUT2D eigenvalue weighted by molar-refractivity contribution is 7.99. The molecule has 3 N–H and O–H groups in total. The number of nitrogens with two attached hydrogens (primary N) is 1. The first kappa shape index (κ1) is 28.5. The Morgan fingerprint density at radius 2 is 1.97 bits per heavy atom. The molecule has 2 amide bonds. The molecule has 0 saturated carbocycles. The summed E-state index contributed by atoms with van der Waals surface area (Å²) in [6, 6.07) is 7.07. The molecule has 13 heteroatoms. The standard InChI is InChI=1S/C24H28ClN5O5S2/c1-6-30-21(14(5)35-16-9-7-8-15(25)10-16)28-29-24(30)36-11-17(31)27-22-18(23(33)34-12(2)3)13(4)19(37-22)20(26)32/h7-10,12,14H,6,11H2,1-5H3,(H2,26,32)(H,27,31). The van der Waals surface area contributed by atoms with Crippen LogP contribution in [-0.2, 0) is 16.1 Å². The number of carbonyl (C=O) groups excluding carboxylic acids is 3. The van der Waals surface area contributed by atoms with E-state index in [4.69, 9.17) is 26.8 Å². The van der Waals surface area contributed by atoms with E-state index in [9.17, 15) is 14.4 Å². The van der Waals surface area contributed by atoms with Gasteiger partial charge in [0.25, 0.3) is 5.91 Å². The maximum absolute atomic E-state index is 12.8. The van der Waals surface area contributed by atoms with Crippen molar-refractivity contribution in [3.8, 4) is 5.75 Å². The normalized spacial score (nSPS) is 11.9. The highest BCUT2D eigenvalue weighted by atomic mass is 35.5. The lowest BCUT2D eigenvalue weighted by atomic mass is 10.1. The molecule has 1 aromatic carbocycles. The van der Waals surface area contributed by atoms with Crippen LogP contribution in [0.5, 0.6) is 5.75 Å². The van der Waals surface area contributed by atoms with E-state index in [1.165, 1.54) is 11.8 Å². The number of carbonyl (C=O) groups is 3. The van der Waals surface area contributed by atoms with E-state index >= 15 is 0 Å². The number of hydrogen-bond acceptors (Lipinski definition) is 9. The second-order valence-corrected chi connectivity index (χ2v) is 10.6. The predicted molar refractivity (Wildman–Crippen MR) is 144 cm³/mol. The maximum Gasteiger partial charge on any atom is 0.341 e. The molecule has 3 aromatic rings. The number of hydrogen-bond donors (Lipinski definition) is 2. The highest BCUT2D eigenvalue weighted by Gasteiger charge is 2.27. The fourth-order valence-corrected chi connectivity index (χ4v) is 5.50. The van der Waals surface area contributed by atoms with Crippen molar-refractivity contribution < 1.29 is 23.9 Å². The van der Waals surface area contributed by atoms with Crippen LogP contribution in [0, 0.1) is 6.92 Å². The van der Waals surface area contributed by atoms with Gasteiger partial charge in [0, 0.05) is 11.6 Å². The number of thioether (sulfide) groups is 1. The van der Waals surface area contributed by atoms with Crippen LogP contribution < -0.4 is 15.8 Å². The fraction of sp³-hybridized carbons (Fsp3) is 0.375. The number of nitrogens with one attached hydrogen (secondary N) is 1. The first-order valence-electron chi connectivity index (χ1n) is 11.4. The van der Waals surface area contributed by atoms with Crippen molar-refractivity contribution in [2.45, 2.75) is 58.5 Å². The predicted octanol–water partition coefficient (Wildman–Crippen LogP) is 4.86. The molecule has 0 saturated heterocycles. The van der Waals surface area contributed by atoms with Gasteiger partial charge < -0.3 is 25.1 Å². The fourth-order valence-electron chi connectivity index (χ4n) is 3.45. The molecule has 3 rings (SSSR count). The number of anilines is 1.